The van der Waals surface area contributed by atoms with Crippen LogP contribution in [0.5, 0.6) is 0 Å². The monoisotopic (exact) mass is 396 g/mol. The minimum atomic E-state index is 1.08. The highest BCUT2D eigenvalue weighted by Crippen LogP contribution is 2.32. The lowest BCUT2D eigenvalue weighted by Crippen LogP contribution is -1.95. The van der Waals surface area contributed by atoms with E-state index in [1.165, 1.54) is 54.2 Å². The van der Waals surface area contributed by atoms with E-state index in [1.807, 2.05) is 0 Å². The minimum Gasteiger partial charge on any atom is -0.0616 e. The van der Waals surface area contributed by atoms with Gasteiger partial charge in [0.2, 0.25) is 0 Å². The molecule has 0 aliphatic carbocycles. The molecule has 0 heterocycles. The van der Waals surface area contributed by atoms with Crippen molar-refractivity contribution in [3.63, 3.8) is 0 Å². The standard InChI is InChI=1S/C31H24/c1-5-14-26-22(10-1)20-23-11-2-6-15-27(23)30(26)18-9-19-31-28-16-7-3-12-24(28)21-25-13-4-8-17-29(25)31/h1-8,10-17,20-21H,9,18-19H2. The maximum Gasteiger partial charge on any atom is -0.0146 e. The molecule has 0 spiro atoms. The van der Waals surface area contributed by atoms with Crippen molar-refractivity contribution in [2.24, 2.45) is 0 Å². The Morgan fingerprint density at radius 1 is 0.355 bits per heavy atom. The molecular weight excluding hydrogens is 372 g/mol. The summed E-state index contributed by atoms with van der Waals surface area (Å²) in [4.78, 5) is 0. The molecule has 6 aromatic rings. The first-order chi connectivity index (χ1) is 15.4. The quantitative estimate of drug-likeness (QED) is 0.262. The molecule has 0 aromatic heterocycles. The topological polar surface area (TPSA) is 0 Å². The van der Waals surface area contributed by atoms with Gasteiger partial charge in [-0.25, -0.2) is 0 Å². The van der Waals surface area contributed by atoms with Crippen molar-refractivity contribution < 1.29 is 0 Å². The molecule has 0 unspecified atom stereocenters. The summed E-state index contributed by atoms with van der Waals surface area (Å²) in [6, 6.07) is 40.0. The Morgan fingerprint density at radius 3 is 0.968 bits per heavy atom. The lowest BCUT2D eigenvalue weighted by molar-refractivity contribution is 0.838. The summed E-state index contributed by atoms with van der Waals surface area (Å²) in [6.45, 7) is 0. The third-order valence-electron chi connectivity index (χ3n) is 6.62. The average molecular weight is 397 g/mol. The Balaban J connectivity index is 1.43. The third kappa shape index (κ3) is 3.16. The molecule has 31 heavy (non-hydrogen) atoms. The highest BCUT2D eigenvalue weighted by atomic mass is 14.1. The fourth-order valence-corrected chi connectivity index (χ4v) is 5.20. The molecule has 0 amide bonds. The van der Waals surface area contributed by atoms with E-state index in [4.69, 9.17) is 0 Å². The molecule has 0 aliphatic heterocycles. The van der Waals surface area contributed by atoms with Crippen LogP contribution < -0.4 is 0 Å². The molecule has 0 atom stereocenters. The van der Waals surface area contributed by atoms with Crippen LogP contribution in [0.15, 0.2) is 109 Å². The molecule has 0 radical (unpaired) electrons. The van der Waals surface area contributed by atoms with E-state index in [9.17, 15) is 0 Å². The molecule has 0 bridgehead atoms. The van der Waals surface area contributed by atoms with Crippen molar-refractivity contribution in [2.45, 2.75) is 19.3 Å². The molecule has 0 saturated carbocycles. The van der Waals surface area contributed by atoms with Crippen LogP contribution in [-0.4, -0.2) is 0 Å². The first-order valence-electron chi connectivity index (χ1n) is 11.2. The van der Waals surface area contributed by atoms with Crippen LogP contribution in [0.2, 0.25) is 0 Å². The smallest absolute Gasteiger partial charge is 0.0146 e. The van der Waals surface area contributed by atoms with Crippen molar-refractivity contribution in [3.05, 3.63) is 120 Å². The van der Waals surface area contributed by atoms with E-state index in [0.717, 1.165) is 19.3 Å². The van der Waals surface area contributed by atoms with Gasteiger partial charge in [-0.15, -0.1) is 0 Å². The number of fused-ring (bicyclic) bond motifs is 4. The summed E-state index contributed by atoms with van der Waals surface area (Å²) >= 11 is 0. The van der Waals surface area contributed by atoms with Gasteiger partial charge in [0.05, 0.1) is 0 Å². The Hall–Kier alpha value is -3.64. The summed E-state index contributed by atoms with van der Waals surface area (Å²) in [5.41, 5.74) is 2.97. The van der Waals surface area contributed by atoms with E-state index in [0.29, 0.717) is 0 Å². The van der Waals surface area contributed by atoms with Gasteiger partial charge in [-0.1, -0.05) is 97.1 Å². The van der Waals surface area contributed by atoms with E-state index < -0.39 is 0 Å². The van der Waals surface area contributed by atoms with Gasteiger partial charge in [0.1, 0.15) is 0 Å². The first kappa shape index (κ1) is 18.2. The van der Waals surface area contributed by atoms with Crippen LogP contribution in [0.25, 0.3) is 43.1 Å². The molecule has 0 heteroatoms. The van der Waals surface area contributed by atoms with Crippen molar-refractivity contribution in [1.82, 2.24) is 0 Å². The SMILES string of the molecule is c1ccc2c(CCCc3c4ccccc4cc4ccccc34)c3ccccc3cc2c1. The van der Waals surface area contributed by atoms with Gasteiger partial charge in [0, 0.05) is 0 Å². The van der Waals surface area contributed by atoms with E-state index >= 15 is 0 Å². The zero-order chi connectivity index (χ0) is 20.6. The molecule has 6 rings (SSSR count). The first-order valence-corrected chi connectivity index (χ1v) is 11.2. The maximum atomic E-state index is 2.33. The Bertz CT molecular complexity index is 1330. The molecule has 0 aliphatic rings. The van der Waals surface area contributed by atoms with Gasteiger partial charge in [-0.2, -0.15) is 0 Å². The number of aryl methyl sites for hydroxylation is 2. The predicted molar refractivity (Wildman–Crippen MR) is 135 cm³/mol. The van der Waals surface area contributed by atoms with Gasteiger partial charge in [-0.3, -0.25) is 0 Å². The molecule has 0 N–H and O–H groups in total. The average Bonchev–Trinajstić information content (AvgIpc) is 2.83. The van der Waals surface area contributed by atoms with Crippen LogP contribution in [-0.2, 0) is 12.8 Å². The molecule has 0 nitrogen and oxygen atoms in total. The summed E-state index contributed by atoms with van der Waals surface area (Å²) in [6.07, 6.45) is 3.30. The number of hydrogen-bond donors (Lipinski definition) is 0. The van der Waals surface area contributed by atoms with Crippen molar-refractivity contribution in [2.75, 3.05) is 0 Å². The second kappa shape index (κ2) is 7.56. The Morgan fingerprint density at radius 2 is 0.645 bits per heavy atom. The van der Waals surface area contributed by atoms with Crippen molar-refractivity contribution in [1.29, 1.82) is 0 Å². The minimum absolute atomic E-state index is 1.08. The second-order valence-corrected chi connectivity index (χ2v) is 8.45. The molecule has 0 fully saturated rings. The lowest BCUT2D eigenvalue weighted by Gasteiger charge is -2.14. The summed E-state index contributed by atoms with van der Waals surface area (Å²) in [5.74, 6) is 0. The Kier molecular flexibility index (Phi) is 4.43. The van der Waals surface area contributed by atoms with Crippen molar-refractivity contribution in [3.8, 4) is 0 Å². The summed E-state index contributed by atoms with van der Waals surface area (Å²) in [5, 5.41) is 10.9. The van der Waals surface area contributed by atoms with Gasteiger partial charge in [0.15, 0.2) is 0 Å². The van der Waals surface area contributed by atoms with Crippen molar-refractivity contribution >= 4 is 43.1 Å². The number of rotatable bonds is 4. The van der Waals surface area contributed by atoms with Gasteiger partial charge < -0.3 is 0 Å². The van der Waals surface area contributed by atoms with Crippen LogP contribution in [0.4, 0.5) is 0 Å². The number of hydrogen-bond acceptors (Lipinski definition) is 0. The van der Waals surface area contributed by atoms with Crippen LogP contribution >= 0.6 is 0 Å². The highest BCUT2D eigenvalue weighted by molar-refractivity contribution is 6.03. The van der Waals surface area contributed by atoms with E-state index in [1.54, 1.807) is 0 Å². The van der Waals surface area contributed by atoms with Gasteiger partial charge in [0.25, 0.3) is 0 Å². The molecular formula is C31H24. The van der Waals surface area contributed by atoms with E-state index in [2.05, 4.69) is 109 Å². The van der Waals surface area contributed by atoms with Gasteiger partial charge in [-0.05, 0) is 85.6 Å². The zero-order valence-electron chi connectivity index (χ0n) is 17.5. The third-order valence-corrected chi connectivity index (χ3v) is 6.62. The molecule has 148 valence electrons. The van der Waals surface area contributed by atoms with Crippen LogP contribution in [0.1, 0.15) is 17.5 Å². The van der Waals surface area contributed by atoms with Gasteiger partial charge >= 0.3 is 0 Å². The summed E-state index contributed by atoms with van der Waals surface area (Å²) < 4.78 is 0. The fraction of sp³-hybridized carbons (Fsp3) is 0.0968. The molecule has 0 saturated heterocycles. The lowest BCUT2D eigenvalue weighted by atomic mass is 9.90. The second-order valence-electron chi connectivity index (χ2n) is 8.45. The summed E-state index contributed by atoms with van der Waals surface area (Å²) in [7, 11) is 0. The number of benzene rings is 6. The highest BCUT2D eigenvalue weighted by Gasteiger charge is 2.10. The Labute approximate surface area is 182 Å². The predicted octanol–water partition coefficient (Wildman–Crippen LogP) is 8.47. The van der Waals surface area contributed by atoms with Crippen LogP contribution in [0.3, 0.4) is 0 Å². The maximum absolute atomic E-state index is 2.33. The molecule has 6 aromatic carbocycles. The zero-order valence-corrected chi connectivity index (χ0v) is 17.5. The van der Waals surface area contributed by atoms with E-state index in [-0.39, 0.29) is 0 Å². The fourth-order valence-electron chi connectivity index (χ4n) is 5.20. The largest absolute Gasteiger partial charge is 0.0616 e. The van der Waals surface area contributed by atoms with Crippen LogP contribution in [0, 0.1) is 0 Å². The normalized spacial score (nSPS) is 11.6.